The summed E-state index contributed by atoms with van der Waals surface area (Å²) in [4.78, 5) is 15.6. The Hall–Kier alpha value is -1.88. The van der Waals surface area contributed by atoms with Crippen LogP contribution in [0.3, 0.4) is 0 Å². The van der Waals surface area contributed by atoms with Crippen molar-refractivity contribution < 1.29 is 4.79 Å². The molecular formula is C12H13ClN4O. The van der Waals surface area contributed by atoms with E-state index in [-0.39, 0.29) is 11.8 Å². The number of anilines is 1. The highest BCUT2D eigenvalue weighted by molar-refractivity contribution is 6.31. The van der Waals surface area contributed by atoms with Gasteiger partial charge in [0, 0.05) is 10.9 Å². The molecule has 1 amide bonds. The molecule has 0 atom stereocenters. The summed E-state index contributed by atoms with van der Waals surface area (Å²) in [5.41, 5.74) is 1.35. The van der Waals surface area contributed by atoms with E-state index >= 15 is 0 Å². The van der Waals surface area contributed by atoms with Gasteiger partial charge in [-0.1, -0.05) is 25.4 Å². The maximum atomic E-state index is 11.7. The van der Waals surface area contributed by atoms with E-state index in [1.54, 1.807) is 29.2 Å². The molecule has 18 heavy (non-hydrogen) atoms. The van der Waals surface area contributed by atoms with Crippen molar-refractivity contribution in [1.29, 1.82) is 0 Å². The van der Waals surface area contributed by atoms with Crippen molar-refractivity contribution in [1.82, 2.24) is 14.8 Å². The van der Waals surface area contributed by atoms with Crippen LogP contribution in [0.5, 0.6) is 0 Å². The number of aromatic nitrogens is 3. The number of rotatable bonds is 3. The lowest BCUT2D eigenvalue weighted by atomic mass is 10.2. The summed E-state index contributed by atoms with van der Waals surface area (Å²) in [6.45, 7) is 3.66. The topological polar surface area (TPSA) is 59.8 Å². The van der Waals surface area contributed by atoms with Gasteiger partial charge in [0.15, 0.2) is 0 Å². The van der Waals surface area contributed by atoms with Gasteiger partial charge in [0.1, 0.15) is 12.7 Å². The van der Waals surface area contributed by atoms with E-state index < -0.39 is 0 Å². The summed E-state index contributed by atoms with van der Waals surface area (Å²) in [5, 5.41) is 7.42. The molecule has 0 aliphatic carbocycles. The number of nitrogens with zero attached hydrogens (tertiary/aromatic N) is 3. The summed E-state index contributed by atoms with van der Waals surface area (Å²) in [7, 11) is 0. The smallest absolute Gasteiger partial charge is 0.226 e. The molecule has 1 heterocycles. The molecule has 1 N–H and O–H groups in total. The zero-order valence-electron chi connectivity index (χ0n) is 10.1. The molecule has 1 aromatic heterocycles. The van der Waals surface area contributed by atoms with Crippen LogP contribution in [0.25, 0.3) is 5.69 Å². The quantitative estimate of drug-likeness (QED) is 0.927. The normalized spacial score (nSPS) is 10.7. The van der Waals surface area contributed by atoms with Crippen molar-refractivity contribution in [2.45, 2.75) is 13.8 Å². The molecule has 0 bridgehead atoms. The molecule has 0 saturated heterocycles. The Kier molecular flexibility index (Phi) is 3.62. The predicted molar refractivity (Wildman–Crippen MR) is 69.8 cm³/mol. The molecule has 1 aromatic carbocycles. The first kappa shape index (κ1) is 12.6. The zero-order chi connectivity index (χ0) is 13.1. The molecule has 94 valence electrons. The van der Waals surface area contributed by atoms with Crippen LogP contribution in [-0.4, -0.2) is 20.7 Å². The summed E-state index contributed by atoms with van der Waals surface area (Å²) in [6, 6.07) is 5.22. The highest BCUT2D eigenvalue weighted by Crippen LogP contribution is 2.24. The van der Waals surface area contributed by atoms with E-state index in [0.29, 0.717) is 10.7 Å². The third-order valence-corrected chi connectivity index (χ3v) is 2.64. The second-order valence-corrected chi connectivity index (χ2v) is 4.58. The first-order chi connectivity index (χ1) is 8.58. The van der Waals surface area contributed by atoms with E-state index in [2.05, 4.69) is 15.4 Å². The van der Waals surface area contributed by atoms with Crippen LogP contribution < -0.4 is 5.32 Å². The minimum atomic E-state index is -0.104. The fourth-order valence-electron chi connectivity index (χ4n) is 1.42. The minimum absolute atomic E-state index is 0.0707. The van der Waals surface area contributed by atoms with Crippen LogP contribution >= 0.6 is 11.6 Å². The van der Waals surface area contributed by atoms with Gasteiger partial charge in [-0.05, 0) is 18.2 Å². The van der Waals surface area contributed by atoms with Gasteiger partial charge in [-0.25, -0.2) is 9.67 Å². The summed E-state index contributed by atoms with van der Waals surface area (Å²) in [5.74, 6) is -0.175. The number of benzene rings is 1. The fraction of sp³-hybridized carbons (Fsp3) is 0.250. The monoisotopic (exact) mass is 264 g/mol. The predicted octanol–water partition coefficient (Wildman–Crippen LogP) is 2.52. The van der Waals surface area contributed by atoms with Gasteiger partial charge in [0.05, 0.1) is 11.4 Å². The first-order valence-corrected chi connectivity index (χ1v) is 5.91. The average Bonchev–Trinajstić information content (AvgIpc) is 2.82. The van der Waals surface area contributed by atoms with Gasteiger partial charge in [-0.15, -0.1) is 0 Å². The summed E-state index contributed by atoms with van der Waals surface area (Å²) < 4.78 is 1.58. The number of hydrogen-bond donors (Lipinski definition) is 1. The largest absolute Gasteiger partial charge is 0.324 e. The number of nitrogens with one attached hydrogen (secondary N) is 1. The maximum Gasteiger partial charge on any atom is 0.226 e. The van der Waals surface area contributed by atoms with Gasteiger partial charge in [0.25, 0.3) is 0 Å². The third-order valence-electron chi connectivity index (χ3n) is 2.41. The Morgan fingerprint density at radius 1 is 1.44 bits per heavy atom. The average molecular weight is 265 g/mol. The van der Waals surface area contributed by atoms with Gasteiger partial charge in [-0.3, -0.25) is 4.79 Å². The van der Waals surface area contributed by atoms with Crippen molar-refractivity contribution in [3.63, 3.8) is 0 Å². The Balaban J connectivity index is 2.39. The van der Waals surface area contributed by atoms with Crippen LogP contribution in [-0.2, 0) is 4.79 Å². The molecule has 5 nitrogen and oxygen atoms in total. The number of carbonyl (C=O) groups excluding carboxylic acids is 1. The molecule has 0 aliphatic rings. The second-order valence-electron chi connectivity index (χ2n) is 4.15. The second kappa shape index (κ2) is 5.18. The molecular weight excluding hydrogens is 252 g/mol. The molecule has 2 rings (SSSR count). The number of carbonyl (C=O) groups is 1. The van der Waals surface area contributed by atoms with Crippen molar-refractivity contribution in [3.05, 3.63) is 35.9 Å². The minimum Gasteiger partial charge on any atom is -0.324 e. The van der Waals surface area contributed by atoms with Crippen LogP contribution in [0.2, 0.25) is 5.02 Å². The van der Waals surface area contributed by atoms with E-state index in [4.69, 9.17) is 11.6 Å². The lowest BCUT2D eigenvalue weighted by molar-refractivity contribution is -0.118. The van der Waals surface area contributed by atoms with Crippen molar-refractivity contribution in [3.8, 4) is 5.69 Å². The third kappa shape index (κ3) is 2.68. The highest BCUT2D eigenvalue weighted by atomic mass is 35.5. The molecule has 0 aliphatic heterocycles. The van der Waals surface area contributed by atoms with Crippen molar-refractivity contribution in [2.75, 3.05) is 5.32 Å². The van der Waals surface area contributed by atoms with Gasteiger partial charge in [-0.2, -0.15) is 5.10 Å². The molecule has 0 fully saturated rings. The molecule has 0 radical (unpaired) electrons. The SMILES string of the molecule is CC(C)C(=O)Nc1cc(Cl)ccc1-n1cncn1. The molecule has 2 aromatic rings. The number of hydrogen-bond acceptors (Lipinski definition) is 3. The van der Waals surface area contributed by atoms with Crippen molar-refractivity contribution in [2.24, 2.45) is 5.92 Å². The van der Waals surface area contributed by atoms with Gasteiger partial charge in [0.2, 0.25) is 5.91 Å². The lowest BCUT2D eigenvalue weighted by Gasteiger charge is -2.12. The molecule has 6 heteroatoms. The van der Waals surface area contributed by atoms with E-state index in [0.717, 1.165) is 5.69 Å². The zero-order valence-corrected chi connectivity index (χ0v) is 10.8. The van der Waals surface area contributed by atoms with E-state index in [9.17, 15) is 4.79 Å². The molecule has 0 saturated carbocycles. The van der Waals surface area contributed by atoms with Gasteiger partial charge < -0.3 is 5.32 Å². The van der Waals surface area contributed by atoms with Crippen LogP contribution in [0.1, 0.15) is 13.8 Å². The standard InChI is InChI=1S/C12H13ClN4O/c1-8(2)12(18)16-10-5-9(13)3-4-11(10)17-7-14-6-15-17/h3-8H,1-2H3,(H,16,18). The maximum absolute atomic E-state index is 11.7. The Labute approximate surface area is 110 Å². The summed E-state index contributed by atoms with van der Waals surface area (Å²) in [6.07, 6.45) is 3.00. The molecule has 0 spiro atoms. The van der Waals surface area contributed by atoms with Crippen LogP contribution in [0.15, 0.2) is 30.9 Å². The summed E-state index contributed by atoms with van der Waals surface area (Å²) >= 11 is 5.94. The van der Waals surface area contributed by atoms with E-state index in [1.165, 1.54) is 6.33 Å². The number of amides is 1. The number of halogens is 1. The highest BCUT2D eigenvalue weighted by Gasteiger charge is 2.12. The lowest BCUT2D eigenvalue weighted by Crippen LogP contribution is -2.19. The Morgan fingerprint density at radius 3 is 2.83 bits per heavy atom. The van der Waals surface area contributed by atoms with Crippen LogP contribution in [0, 0.1) is 5.92 Å². The first-order valence-electron chi connectivity index (χ1n) is 5.53. The fourth-order valence-corrected chi connectivity index (χ4v) is 1.59. The van der Waals surface area contributed by atoms with Gasteiger partial charge >= 0.3 is 0 Å². The molecule has 0 unspecified atom stereocenters. The Morgan fingerprint density at radius 2 is 2.22 bits per heavy atom. The van der Waals surface area contributed by atoms with Crippen LogP contribution in [0.4, 0.5) is 5.69 Å². The van der Waals surface area contributed by atoms with Crippen molar-refractivity contribution >= 4 is 23.2 Å². The van der Waals surface area contributed by atoms with E-state index in [1.807, 2.05) is 13.8 Å². The Bertz CT molecular complexity index is 551.